The van der Waals surface area contributed by atoms with E-state index in [1.54, 1.807) is 0 Å². The molecule has 4 atom stereocenters. The van der Waals surface area contributed by atoms with Crippen molar-refractivity contribution in [3.8, 4) is 0 Å². The minimum Gasteiger partial charge on any atom is -0.338 e. The Morgan fingerprint density at radius 2 is 1.94 bits per heavy atom. The molecule has 0 aliphatic carbocycles. The maximum absolute atomic E-state index is 12.4. The van der Waals surface area contributed by atoms with Gasteiger partial charge in [-0.1, -0.05) is 13.8 Å². The summed E-state index contributed by atoms with van der Waals surface area (Å²) >= 11 is 0. The second-order valence-corrected chi connectivity index (χ2v) is 5.72. The number of hydrogen-bond donors (Lipinski definition) is 1. The fraction of sp³-hybridized carbons (Fsp3) is 0.923. The predicted molar refractivity (Wildman–Crippen MR) is 65.1 cm³/mol. The molecule has 2 aliphatic heterocycles. The maximum Gasteiger partial charge on any atom is 0.240 e. The summed E-state index contributed by atoms with van der Waals surface area (Å²) in [5, 5.41) is 3.35. The highest BCUT2D eigenvalue weighted by Gasteiger charge is 2.36. The molecule has 0 aromatic carbocycles. The van der Waals surface area contributed by atoms with Crippen LogP contribution < -0.4 is 5.32 Å². The Balaban J connectivity index is 2.02. The minimum atomic E-state index is 0.0766. The van der Waals surface area contributed by atoms with E-state index in [9.17, 15) is 4.79 Å². The lowest BCUT2D eigenvalue weighted by atomic mass is 9.93. The van der Waals surface area contributed by atoms with Crippen LogP contribution >= 0.6 is 0 Å². The predicted octanol–water partition coefficient (Wildman–Crippen LogP) is 1.63. The van der Waals surface area contributed by atoms with Crippen LogP contribution in [0.3, 0.4) is 0 Å². The van der Waals surface area contributed by atoms with Gasteiger partial charge in [-0.05, 0) is 44.6 Å². The molecule has 3 heteroatoms. The van der Waals surface area contributed by atoms with Gasteiger partial charge in [0, 0.05) is 12.6 Å². The first kappa shape index (κ1) is 11.9. The van der Waals surface area contributed by atoms with Crippen LogP contribution in [0.25, 0.3) is 0 Å². The number of nitrogens with zero attached hydrogens (tertiary/aromatic N) is 1. The molecule has 0 saturated carbocycles. The number of carbonyl (C=O) groups is 1. The van der Waals surface area contributed by atoms with Crippen molar-refractivity contribution in [2.75, 3.05) is 13.1 Å². The number of piperidine rings is 1. The van der Waals surface area contributed by atoms with E-state index < -0.39 is 0 Å². The standard InChI is InChI=1S/C13H24N2O/c1-9-4-5-11(3)15(8-9)13(16)12-10(2)6-7-14-12/h9-12,14H,4-8H2,1-3H3. The summed E-state index contributed by atoms with van der Waals surface area (Å²) in [6.45, 7) is 8.56. The lowest BCUT2D eigenvalue weighted by Crippen LogP contribution is -2.52. The Hall–Kier alpha value is -0.570. The Bertz CT molecular complexity index is 267. The molecule has 1 amide bonds. The van der Waals surface area contributed by atoms with Crippen molar-refractivity contribution in [2.24, 2.45) is 11.8 Å². The van der Waals surface area contributed by atoms with Crippen molar-refractivity contribution in [2.45, 2.75) is 52.1 Å². The summed E-state index contributed by atoms with van der Waals surface area (Å²) in [6, 6.07) is 0.506. The van der Waals surface area contributed by atoms with Gasteiger partial charge in [0.25, 0.3) is 0 Å². The summed E-state index contributed by atoms with van der Waals surface area (Å²) in [5.41, 5.74) is 0. The normalized spacial score (nSPS) is 40.1. The molecular formula is C13H24N2O. The Labute approximate surface area is 98.6 Å². The van der Waals surface area contributed by atoms with E-state index in [-0.39, 0.29) is 6.04 Å². The van der Waals surface area contributed by atoms with E-state index >= 15 is 0 Å². The summed E-state index contributed by atoms with van der Waals surface area (Å²) < 4.78 is 0. The third kappa shape index (κ3) is 2.24. The zero-order valence-corrected chi connectivity index (χ0v) is 10.7. The van der Waals surface area contributed by atoms with Crippen molar-refractivity contribution in [1.29, 1.82) is 0 Å². The third-order valence-corrected chi connectivity index (χ3v) is 4.20. The average molecular weight is 224 g/mol. The highest BCUT2D eigenvalue weighted by Crippen LogP contribution is 2.25. The van der Waals surface area contributed by atoms with Crippen molar-refractivity contribution < 1.29 is 4.79 Å². The monoisotopic (exact) mass is 224 g/mol. The minimum absolute atomic E-state index is 0.0766. The molecule has 0 bridgehead atoms. The molecule has 2 aliphatic rings. The van der Waals surface area contributed by atoms with Gasteiger partial charge in [-0.25, -0.2) is 0 Å². The van der Waals surface area contributed by atoms with Crippen LogP contribution in [0.2, 0.25) is 0 Å². The molecule has 4 unspecified atom stereocenters. The fourth-order valence-electron chi connectivity index (χ4n) is 2.94. The van der Waals surface area contributed by atoms with Gasteiger partial charge in [0.05, 0.1) is 6.04 Å². The summed E-state index contributed by atoms with van der Waals surface area (Å²) in [5.74, 6) is 1.50. The van der Waals surface area contributed by atoms with E-state index in [1.165, 1.54) is 6.42 Å². The smallest absolute Gasteiger partial charge is 0.240 e. The molecule has 2 rings (SSSR count). The molecule has 0 aromatic heterocycles. The van der Waals surface area contributed by atoms with Crippen LogP contribution in [0.4, 0.5) is 0 Å². The van der Waals surface area contributed by atoms with Crippen molar-refractivity contribution in [3.63, 3.8) is 0 Å². The quantitative estimate of drug-likeness (QED) is 0.734. The maximum atomic E-state index is 12.4. The van der Waals surface area contributed by atoms with Gasteiger partial charge in [0.1, 0.15) is 0 Å². The second-order valence-electron chi connectivity index (χ2n) is 5.72. The molecule has 2 fully saturated rings. The van der Waals surface area contributed by atoms with Crippen LogP contribution in [0.1, 0.15) is 40.0 Å². The van der Waals surface area contributed by atoms with Crippen LogP contribution in [-0.2, 0) is 4.79 Å². The van der Waals surface area contributed by atoms with E-state index in [2.05, 4.69) is 31.0 Å². The van der Waals surface area contributed by atoms with E-state index in [0.717, 1.165) is 25.9 Å². The lowest BCUT2D eigenvalue weighted by molar-refractivity contribution is -0.138. The molecule has 2 heterocycles. The van der Waals surface area contributed by atoms with Crippen LogP contribution in [-0.4, -0.2) is 36.0 Å². The Kier molecular flexibility index (Phi) is 3.53. The molecule has 0 spiro atoms. The highest BCUT2D eigenvalue weighted by molar-refractivity contribution is 5.83. The third-order valence-electron chi connectivity index (χ3n) is 4.20. The number of rotatable bonds is 1. The van der Waals surface area contributed by atoms with Crippen molar-refractivity contribution in [1.82, 2.24) is 10.2 Å². The van der Waals surface area contributed by atoms with Gasteiger partial charge < -0.3 is 10.2 Å². The van der Waals surface area contributed by atoms with Gasteiger partial charge in [-0.2, -0.15) is 0 Å². The van der Waals surface area contributed by atoms with Gasteiger partial charge in [0.2, 0.25) is 5.91 Å². The van der Waals surface area contributed by atoms with E-state index in [0.29, 0.717) is 23.8 Å². The van der Waals surface area contributed by atoms with Crippen LogP contribution in [0.15, 0.2) is 0 Å². The van der Waals surface area contributed by atoms with Gasteiger partial charge in [-0.15, -0.1) is 0 Å². The number of likely N-dealkylation sites (tertiary alicyclic amines) is 1. The van der Waals surface area contributed by atoms with Crippen molar-refractivity contribution >= 4 is 5.91 Å². The molecule has 1 N–H and O–H groups in total. The first-order valence-corrected chi connectivity index (χ1v) is 6.63. The number of nitrogens with one attached hydrogen (secondary N) is 1. The SMILES string of the molecule is CC1CCC(C)N(C(=O)C2NCCC2C)C1. The van der Waals surface area contributed by atoms with Gasteiger partial charge in [-0.3, -0.25) is 4.79 Å². The Morgan fingerprint density at radius 1 is 1.19 bits per heavy atom. The molecular weight excluding hydrogens is 200 g/mol. The topological polar surface area (TPSA) is 32.3 Å². The zero-order chi connectivity index (χ0) is 11.7. The van der Waals surface area contributed by atoms with Crippen LogP contribution in [0, 0.1) is 11.8 Å². The largest absolute Gasteiger partial charge is 0.338 e. The average Bonchev–Trinajstić information content (AvgIpc) is 2.67. The fourth-order valence-corrected chi connectivity index (χ4v) is 2.94. The second kappa shape index (κ2) is 4.74. The van der Waals surface area contributed by atoms with Gasteiger partial charge in [0.15, 0.2) is 0 Å². The first-order chi connectivity index (χ1) is 7.59. The molecule has 92 valence electrons. The molecule has 3 nitrogen and oxygen atoms in total. The van der Waals surface area contributed by atoms with Crippen molar-refractivity contribution in [3.05, 3.63) is 0 Å². The number of amides is 1. The van der Waals surface area contributed by atoms with Crippen LogP contribution in [0.5, 0.6) is 0 Å². The summed E-state index contributed by atoms with van der Waals surface area (Å²) in [4.78, 5) is 14.5. The summed E-state index contributed by atoms with van der Waals surface area (Å²) in [6.07, 6.45) is 3.56. The zero-order valence-electron chi connectivity index (χ0n) is 10.7. The highest BCUT2D eigenvalue weighted by atomic mass is 16.2. The lowest BCUT2D eigenvalue weighted by Gasteiger charge is -2.38. The molecule has 0 aromatic rings. The molecule has 2 saturated heterocycles. The molecule has 0 radical (unpaired) electrons. The van der Waals surface area contributed by atoms with E-state index in [4.69, 9.17) is 0 Å². The van der Waals surface area contributed by atoms with Gasteiger partial charge >= 0.3 is 0 Å². The Morgan fingerprint density at radius 3 is 2.56 bits per heavy atom. The summed E-state index contributed by atoms with van der Waals surface area (Å²) in [7, 11) is 0. The first-order valence-electron chi connectivity index (χ1n) is 6.63. The number of hydrogen-bond acceptors (Lipinski definition) is 2. The number of carbonyl (C=O) groups excluding carboxylic acids is 1. The molecule has 16 heavy (non-hydrogen) atoms. The van der Waals surface area contributed by atoms with E-state index in [1.807, 2.05) is 0 Å².